The maximum Gasteiger partial charge on any atom is 0.256 e. The molecule has 4 rings (SSSR count). The van der Waals surface area contributed by atoms with Crippen LogP contribution in [0, 0.1) is 0 Å². The summed E-state index contributed by atoms with van der Waals surface area (Å²) in [5.41, 5.74) is 2.90. The maximum absolute atomic E-state index is 12.6. The Kier molecular flexibility index (Phi) is 3.76. The summed E-state index contributed by atoms with van der Waals surface area (Å²) in [7, 11) is 2.10. The molecule has 2 N–H and O–H groups in total. The van der Waals surface area contributed by atoms with Gasteiger partial charge in [0.15, 0.2) is 0 Å². The molecule has 120 valence electrons. The largest absolute Gasteiger partial charge is 0.353 e. The number of carbonyl (C=O) groups is 1. The number of rotatable bonds is 1. The summed E-state index contributed by atoms with van der Waals surface area (Å²) >= 11 is 13.7. The van der Waals surface area contributed by atoms with Crippen molar-refractivity contribution in [2.75, 3.05) is 18.9 Å². The number of amides is 1. The highest BCUT2D eigenvalue weighted by Crippen LogP contribution is 2.40. The van der Waals surface area contributed by atoms with E-state index in [0.29, 0.717) is 10.0 Å². The monoisotopic (exact) mass is 367 g/mol. The van der Waals surface area contributed by atoms with Gasteiger partial charge in [-0.05, 0) is 36.7 Å². The van der Waals surface area contributed by atoms with E-state index in [1.807, 2.05) is 6.07 Å². The molecule has 0 unspecified atom stereocenters. The Hall–Kier alpha value is -1.27. The van der Waals surface area contributed by atoms with Gasteiger partial charge in [-0.25, -0.2) is 0 Å². The topological polar surface area (TPSA) is 44.4 Å². The molecular formula is C16H15Cl2N3OS. The third-order valence-electron chi connectivity index (χ3n) is 4.30. The number of likely N-dealkylation sites (N-methyl/N-ethyl adjacent to an activating group) is 1. The van der Waals surface area contributed by atoms with Gasteiger partial charge in [0.25, 0.3) is 5.91 Å². The standard InChI is InChI=1S/C16H15Cl2N3OS/c1-21-5-4-9-12(7-21)23-16-13(9)15(22)19-14(20-16)8-2-3-10(17)11(18)6-8/h2-3,6,14,20H,4-5,7H2,1H3,(H,19,22)/t14-/m1/s1. The molecule has 4 nitrogen and oxygen atoms in total. The Morgan fingerprint density at radius 2 is 2.09 bits per heavy atom. The first kappa shape index (κ1) is 15.3. The molecule has 23 heavy (non-hydrogen) atoms. The van der Waals surface area contributed by atoms with Crippen molar-refractivity contribution in [1.82, 2.24) is 10.2 Å². The lowest BCUT2D eigenvalue weighted by molar-refractivity contribution is 0.0935. The zero-order valence-electron chi connectivity index (χ0n) is 12.5. The van der Waals surface area contributed by atoms with Crippen molar-refractivity contribution >= 4 is 45.4 Å². The Morgan fingerprint density at radius 1 is 1.26 bits per heavy atom. The predicted octanol–water partition coefficient (Wildman–Crippen LogP) is 3.90. The van der Waals surface area contributed by atoms with Crippen LogP contribution >= 0.6 is 34.5 Å². The van der Waals surface area contributed by atoms with Gasteiger partial charge < -0.3 is 15.5 Å². The predicted molar refractivity (Wildman–Crippen MR) is 94.6 cm³/mol. The van der Waals surface area contributed by atoms with Crippen LogP contribution in [0.4, 0.5) is 5.00 Å². The molecule has 1 atom stereocenters. The van der Waals surface area contributed by atoms with E-state index in [9.17, 15) is 4.79 Å². The van der Waals surface area contributed by atoms with E-state index in [4.69, 9.17) is 23.2 Å². The summed E-state index contributed by atoms with van der Waals surface area (Å²) in [6.07, 6.45) is 0.632. The summed E-state index contributed by atoms with van der Waals surface area (Å²) in [6.45, 7) is 1.89. The zero-order chi connectivity index (χ0) is 16.1. The first-order valence-corrected chi connectivity index (χ1v) is 8.95. The normalized spacial score (nSPS) is 20.5. The van der Waals surface area contributed by atoms with Crippen LogP contribution < -0.4 is 10.6 Å². The first-order chi connectivity index (χ1) is 11.0. The second-order valence-electron chi connectivity index (χ2n) is 5.92. The molecule has 1 amide bonds. The Morgan fingerprint density at radius 3 is 2.87 bits per heavy atom. The number of nitrogens with zero attached hydrogens (tertiary/aromatic N) is 1. The Balaban J connectivity index is 1.70. The van der Waals surface area contributed by atoms with Crippen LogP contribution in [-0.2, 0) is 13.0 Å². The van der Waals surface area contributed by atoms with E-state index in [1.165, 1.54) is 10.4 Å². The van der Waals surface area contributed by atoms with E-state index in [0.717, 1.165) is 35.6 Å². The van der Waals surface area contributed by atoms with Gasteiger partial charge in [0.05, 0.1) is 15.6 Å². The number of thiophene rings is 1. The fourth-order valence-electron chi connectivity index (χ4n) is 3.10. The van der Waals surface area contributed by atoms with Crippen molar-refractivity contribution in [1.29, 1.82) is 0 Å². The summed E-state index contributed by atoms with van der Waals surface area (Å²) in [5, 5.41) is 8.39. The molecule has 7 heteroatoms. The van der Waals surface area contributed by atoms with Gasteiger partial charge in [-0.1, -0.05) is 29.3 Å². The Labute approximate surface area is 148 Å². The molecule has 0 radical (unpaired) electrons. The second-order valence-corrected chi connectivity index (χ2v) is 7.84. The third kappa shape index (κ3) is 2.62. The molecule has 3 heterocycles. The zero-order valence-corrected chi connectivity index (χ0v) is 14.8. The van der Waals surface area contributed by atoms with Crippen molar-refractivity contribution < 1.29 is 4.79 Å². The molecule has 0 spiro atoms. The van der Waals surface area contributed by atoms with Gasteiger partial charge in [-0.2, -0.15) is 0 Å². The van der Waals surface area contributed by atoms with Gasteiger partial charge in [0, 0.05) is 18.0 Å². The van der Waals surface area contributed by atoms with Crippen molar-refractivity contribution in [3.63, 3.8) is 0 Å². The van der Waals surface area contributed by atoms with Crippen LogP contribution in [-0.4, -0.2) is 24.4 Å². The fourth-order valence-corrected chi connectivity index (χ4v) is 4.76. The minimum absolute atomic E-state index is 0.0168. The van der Waals surface area contributed by atoms with Gasteiger partial charge in [-0.15, -0.1) is 11.3 Å². The van der Waals surface area contributed by atoms with Crippen LogP contribution in [0.1, 0.15) is 32.5 Å². The molecule has 0 saturated carbocycles. The van der Waals surface area contributed by atoms with E-state index < -0.39 is 0 Å². The highest BCUT2D eigenvalue weighted by atomic mass is 35.5. The molecule has 0 saturated heterocycles. The van der Waals surface area contributed by atoms with Crippen molar-refractivity contribution in [3.05, 3.63) is 49.8 Å². The lowest BCUT2D eigenvalue weighted by Gasteiger charge is -2.27. The number of fused-ring (bicyclic) bond motifs is 3. The quantitative estimate of drug-likeness (QED) is 0.803. The minimum atomic E-state index is -0.289. The molecule has 1 aromatic heterocycles. The molecule has 0 aliphatic carbocycles. The average molecular weight is 368 g/mol. The van der Waals surface area contributed by atoms with Crippen molar-refractivity contribution in [2.24, 2.45) is 0 Å². The van der Waals surface area contributed by atoms with Crippen LogP contribution in [0.3, 0.4) is 0 Å². The summed E-state index contributed by atoms with van der Waals surface area (Å²) in [4.78, 5) is 16.2. The molecule has 2 aromatic rings. The highest BCUT2D eigenvalue weighted by Gasteiger charge is 2.32. The smallest absolute Gasteiger partial charge is 0.256 e. The molecule has 0 bridgehead atoms. The van der Waals surface area contributed by atoms with Crippen LogP contribution in [0.5, 0.6) is 0 Å². The van der Waals surface area contributed by atoms with Gasteiger partial charge in [0.2, 0.25) is 0 Å². The number of nitrogens with one attached hydrogen (secondary N) is 2. The molecule has 0 fully saturated rings. The van der Waals surface area contributed by atoms with Gasteiger partial charge >= 0.3 is 0 Å². The van der Waals surface area contributed by atoms with Crippen LogP contribution in [0.15, 0.2) is 18.2 Å². The van der Waals surface area contributed by atoms with Gasteiger partial charge in [0.1, 0.15) is 11.2 Å². The van der Waals surface area contributed by atoms with Crippen LogP contribution in [0.2, 0.25) is 10.0 Å². The number of benzene rings is 1. The van der Waals surface area contributed by atoms with E-state index >= 15 is 0 Å². The average Bonchev–Trinajstić information content (AvgIpc) is 2.87. The van der Waals surface area contributed by atoms with Crippen molar-refractivity contribution in [2.45, 2.75) is 19.1 Å². The molecule has 2 aliphatic rings. The molecule has 2 aliphatic heterocycles. The molecule has 1 aromatic carbocycles. The highest BCUT2D eigenvalue weighted by molar-refractivity contribution is 7.16. The number of halogens is 2. The molecular weight excluding hydrogens is 353 g/mol. The first-order valence-electron chi connectivity index (χ1n) is 7.38. The van der Waals surface area contributed by atoms with Crippen LogP contribution in [0.25, 0.3) is 0 Å². The lowest BCUT2D eigenvalue weighted by Crippen LogP contribution is -2.38. The second kappa shape index (κ2) is 5.67. The van der Waals surface area contributed by atoms with Crippen molar-refractivity contribution in [3.8, 4) is 0 Å². The van der Waals surface area contributed by atoms with E-state index in [-0.39, 0.29) is 12.1 Å². The van der Waals surface area contributed by atoms with Gasteiger partial charge in [-0.3, -0.25) is 4.79 Å². The SMILES string of the molecule is CN1CCc2c(sc3c2C(=O)N[C@@H](c2ccc(Cl)c(Cl)c2)N3)C1. The number of anilines is 1. The summed E-state index contributed by atoms with van der Waals surface area (Å²) in [5.74, 6) is -0.0168. The minimum Gasteiger partial charge on any atom is -0.353 e. The van der Waals surface area contributed by atoms with E-state index in [2.05, 4.69) is 22.6 Å². The Bertz CT molecular complexity index is 805. The number of hydrogen-bond acceptors (Lipinski definition) is 4. The fraction of sp³-hybridized carbons (Fsp3) is 0.312. The summed E-state index contributed by atoms with van der Waals surface area (Å²) < 4.78 is 0. The van der Waals surface area contributed by atoms with E-state index in [1.54, 1.807) is 23.5 Å². The summed E-state index contributed by atoms with van der Waals surface area (Å²) in [6, 6.07) is 5.41. The number of hydrogen-bond donors (Lipinski definition) is 2. The number of carbonyl (C=O) groups excluding carboxylic acids is 1. The third-order valence-corrected chi connectivity index (χ3v) is 6.19. The lowest BCUT2D eigenvalue weighted by atomic mass is 10.0. The maximum atomic E-state index is 12.6.